The van der Waals surface area contributed by atoms with Crippen molar-refractivity contribution >= 4 is 56.8 Å². The number of aromatic nitrogens is 4. The second kappa shape index (κ2) is 22.9. The number of fused-ring (bicyclic) bond motifs is 2. The predicted octanol–water partition coefficient (Wildman–Crippen LogP) is 9.36. The minimum atomic E-state index is -3.83. The molecule has 5 rings (SSSR count). The largest absolute Gasteiger partial charge is 0.460 e. The second-order valence-electron chi connectivity index (χ2n) is 11.6. The molecule has 3 aromatic carbocycles. The normalized spacial score (nSPS) is 11.3. The van der Waals surface area contributed by atoms with Gasteiger partial charge in [-0.3, -0.25) is 9.59 Å². The van der Waals surface area contributed by atoms with Crippen molar-refractivity contribution in [3.8, 4) is 17.2 Å². The maximum Gasteiger partial charge on any atom is 0.387 e. The first-order chi connectivity index (χ1) is 29.7. The molecular formula is C38H31ClF12N6O7. The van der Waals surface area contributed by atoms with Gasteiger partial charge in [-0.05, 0) is 61.5 Å². The number of alkyl halides is 12. The van der Waals surface area contributed by atoms with E-state index in [9.17, 15) is 67.1 Å². The van der Waals surface area contributed by atoms with Gasteiger partial charge in [-0.1, -0.05) is 31.3 Å². The Balaban J connectivity index is 0.000000303. The van der Waals surface area contributed by atoms with Gasteiger partial charge >= 0.3 is 49.4 Å². The molecule has 0 unspecified atom stereocenters. The monoisotopic (exact) mass is 946 g/mol. The van der Waals surface area contributed by atoms with Crippen LogP contribution in [0.3, 0.4) is 0 Å². The molecule has 0 spiro atoms. The van der Waals surface area contributed by atoms with Crippen LogP contribution in [-0.2, 0) is 26.2 Å². The molecule has 0 aliphatic heterocycles. The summed E-state index contributed by atoms with van der Waals surface area (Å²) in [6, 6.07) is 10.9. The third-order valence-corrected chi connectivity index (χ3v) is 7.42. The van der Waals surface area contributed by atoms with Crippen LogP contribution in [0.4, 0.5) is 64.1 Å². The Morgan fingerprint density at radius 1 is 0.688 bits per heavy atom. The highest BCUT2D eigenvalue weighted by atomic mass is 35.5. The van der Waals surface area contributed by atoms with Gasteiger partial charge in [0.15, 0.2) is 16.5 Å². The van der Waals surface area contributed by atoms with Gasteiger partial charge in [-0.25, -0.2) is 19.7 Å². The molecule has 0 amide bonds. The quantitative estimate of drug-likeness (QED) is 0.0314. The van der Waals surface area contributed by atoms with E-state index in [4.69, 9.17) is 23.1 Å². The van der Waals surface area contributed by atoms with Crippen molar-refractivity contribution in [1.82, 2.24) is 19.9 Å². The lowest BCUT2D eigenvalue weighted by Gasteiger charge is -2.13. The number of halogens is 13. The fourth-order valence-corrected chi connectivity index (χ4v) is 4.48. The Labute approximate surface area is 356 Å². The molecule has 0 bridgehead atoms. The van der Waals surface area contributed by atoms with E-state index in [0.717, 1.165) is 18.2 Å². The molecule has 5 N–H and O–H groups in total. The first-order valence-corrected chi connectivity index (χ1v) is 17.4. The molecule has 0 fully saturated rings. The van der Waals surface area contributed by atoms with Gasteiger partial charge < -0.3 is 35.4 Å². The van der Waals surface area contributed by atoms with E-state index < -0.39 is 71.5 Å². The Bertz CT molecular complexity index is 2510. The average Bonchev–Trinajstić information content (AvgIpc) is 3.21. The summed E-state index contributed by atoms with van der Waals surface area (Å²) in [6.45, 7) is 1.07. The van der Waals surface area contributed by atoms with Crippen LogP contribution in [0.1, 0.15) is 18.3 Å². The average molecular weight is 947 g/mol. The van der Waals surface area contributed by atoms with E-state index in [-0.39, 0.29) is 57.7 Å². The number of allylic oxidation sites excluding steroid dienone is 3. The minimum absolute atomic E-state index is 0.0108. The van der Waals surface area contributed by atoms with Crippen LogP contribution in [-0.4, -0.2) is 64.1 Å². The van der Waals surface area contributed by atoms with Crippen LogP contribution in [0.5, 0.6) is 17.2 Å². The van der Waals surface area contributed by atoms with E-state index >= 15 is 0 Å². The van der Waals surface area contributed by atoms with Crippen LogP contribution in [0, 0.1) is 0 Å². The Morgan fingerprint density at radius 2 is 1.16 bits per heavy atom. The number of hydrogen-bond donors (Lipinski definition) is 3. The fourth-order valence-electron chi connectivity index (χ4n) is 4.22. The van der Waals surface area contributed by atoms with E-state index in [2.05, 4.69) is 58.6 Å². The summed E-state index contributed by atoms with van der Waals surface area (Å²) in [4.78, 5) is 45.5. The van der Waals surface area contributed by atoms with Crippen LogP contribution in [0.2, 0.25) is 5.15 Å². The van der Waals surface area contributed by atoms with Crippen molar-refractivity contribution in [2.45, 2.75) is 44.5 Å². The van der Waals surface area contributed by atoms with Crippen LogP contribution < -0.4 is 31.2 Å². The summed E-state index contributed by atoms with van der Waals surface area (Å²) >= 11 is 5.63. The number of carbonyl (C=O) groups is 2. The number of esters is 1. The first-order valence-electron chi connectivity index (χ1n) is 17.0. The van der Waals surface area contributed by atoms with E-state index in [0.29, 0.717) is 17.8 Å². The van der Waals surface area contributed by atoms with Gasteiger partial charge in [-0.2, -0.15) is 52.7 Å². The topological polar surface area (TPSA) is 195 Å². The second-order valence-corrected chi connectivity index (χ2v) is 11.9. The maximum atomic E-state index is 13.5. The van der Waals surface area contributed by atoms with Crippen LogP contribution >= 0.6 is 11.6 Å². The van der Waals surface area contributed by atoms with Crippen molar-refractivity contribution in [1.29, 1.82) is 0 Å². The van der Waals surface area contributed by atoms with Crippen molar-refractivity contribution in [2.75, 3.05) is 18.1 Å². The Kier molecular flexibility index (Phi) is 19.0. The number of H-pyrrole nitrogens is 1. The lowest BCUT2D eigenvalue weighted by Crippen LogP contribution is -2.34. The van der Waals surface area contributed by atoms with E-state index in [1.54, 1.807) is 0 Å². The van der Waals surface area contributed by atoms with Gasteiger partial charge in [0.2, 0.25) is 0 Å². The lowest BCUT2D eigenvalue weighted by atomic mass is 10.2. The number of ketones is 1. The predicted molar refractivity (Wildman–Crippen MR) is 207 cm³/mol. The zero-order valence-corrected chi connectivity index (χ0v) is 33.0. The highest BCUT2D eigenvalue weighted by Crippen LogP contribution is 2.34. The molecule has 13 nitrogen and oxygen atoms in total. The number of nitrogens with zero attached hydrogens (tertiary/aromatic N) is 3. The summed E-state index contributed by atoms with van der Waals surface area (Å²) in [5.41, 5.74) is 8.56. The molecule has 64 heavy (non-hydrogen) atoms. The van der Waals surface area contributed by atoms with Crippen molar-refractivity contribution in [3.63, 3.8) is 0 Å². The number of Topliss-reactive ketones (excluding diaryl/α,β-unsaturated/α-hetero) is 1. The number of nitrogens with two attached hydrogens (primary N) is 2. The number of nitrogens with one attached hydrogen (secondary N) is 1. The SMILES string of the molecule is C=CC(F)(F)C(=O)C(=O)OCC.C=CC(F)(F)c1nc2ccc(OC(F)F)cc2[nH]c1=O.C=CC(F)(F)c1nc2ccc(OC(F)F)cc2nc1Cl.Nc1ccc(OC(F)F)cc1N. The van der Waals surface area contributed by atoms with Crippen LogP contribution in [0.15, 0.2) is 97.4 Å². The minimum Gasteiger partial charge on any atom is -0.460 e. The number of nitrogen functional groups attached to an aromatic ring is 2. The summed E-state index contributed by atoms with van der Waals surface area (Å²) in [6.07, 6.45) is 0.792. The smallest absolute Gasteiger partial charge is 0.387 e. The van der Waals surface area contributed by atoms with Gasteiger partial charge in [0.1, 0.15) is 17.2 Å². The molecule has 0 saturated carbocycles. The van der Waals surface area contributed by atoms with Crippen LogP contribution in [0.25, 0.3) is 22.1 Å². The van der Waals surface area contributed by atoms with Gasteiger partial charge in [0, 0.05) is 18.2 Å². The molecule has 2 aromatic heterocycles. The molecule has 2 heterocycles. The molecule has 26 heteroatoms. The molecule has 346 valence electrons. The maximum absolute atomic E-state index is 13.5. The molecule has 0 aliphatic rings. The van der Waals surface area contributed by atoms with Gasteiger partial charge in [-0.15, -0.1) is 0 Å². The number of rotatable bonds is 14. The number of ether oxygens (including phenoxy) is 4. The third-order valence-electron chi connectivity index (χ3n) is 7.15. The zero-order chi connectivity index (χ0) is 48.7. The molecule has 0 aliphatic carbocycles. The highest BCUT2D eigenvalue weighted by Gasteiger charge is 2.41. The number of aromatic amines is 1. The standard InChI is InChI=1S/C12H7ClF4N2O.C12H8F4N2O2.C7H8F2N2O.C7H8F2O3/c1-2-12(16,17)9-10(13)19-8-5-6(20-11(14)15)3-4-7(8)18-9;1-2-12(15,16)9-10(19)18-8-5-6(20-11(13)14)3-4-7(8)17-9;8-7(9)12-4-1-2-5(10)6(11)3-4;1-3-7(8,9)5(10)6(11)12-4-2/h2-5,11H,1H2;2-5,11H,1H2,(H,18,19);1-3,7H,10-11H2;3H,1,4H2,2H3. The molecule has 0 saturated heterocycles. The molecule has 0 radical (unpaired) electrons. The van der Waals surface area contributed by atoms with E-state index in [1.165, 1.54) is 43.3 Å². The lowest BCUT2D eigenvalue weighted by molar-refractivity contribution is -0.162. The van der Waals surface area contributed by atoms with Crippen molar-refractivity contribution < 1.29 is 81.2 Å². The summed E-state index contributed by atoms with van der Waals surface area (Å²) in [7, 11) is 0. The summed E-state index contributed by atoms with van der Waals surface area (Å²) in [5.74, 6) is -14.6. The summed E-state index contributed by atoms with van der Waals surface area (Å²) < 4.78 is 167. The zero-order valence-electron chi connectivity index (χ0n) is 32.3. The van der Waals surface area contributed by atoms with Crippen molar-refractivity contribution in [3.05, 3.63) is 119 Å². The number of anilines is 2. The first kappa shape index (κ1) is 53.1. The highest BCUT2D eigenvalue weighted by molar-refractivity contribution is 6.36. The number of carbonyl (C=O) groups excluding carboxylic acids is 2. The van der Waals surface area contributed by atoms with Gasteiger partial charge in [0.25, 0.3) is 5.56 Å². The number of benzene rings is 3. The molecule has 5 aromatic rings. The van der Waals surface area contributed by atoms with Gasteiger partial charge in [0.05, 0.1) is 40.0 Å². The fraction of sp³-hybridized carbons (Fsp3) is 0.211. The van der Waals surface area contributed by atoms with E-state index in [1.807, 2.05) is 0 Å². The Hall–Kier alpha value is -7.05. The number of hydrogen-bond acceptors (Lipinski definition) is 12. The van der Waals surface area contributed by atoms with Crippen molar-refractivity contribution in [2.24, 2.45) is 0 Å². The molecule has 0 atom stereocenters. The third kappa shape index (κ3) is 15.4. The molecular weight excluding hydrogens is 916 g/mol. The Morgan fingerprint density at radius 3 is 1.64 bits per heavy atom. The summed E-state index contributed by atoms with van der Waals surface area (Å²) in [5, 5.41) is -0.531.